The Morgan fingerprint density at radius 3 is 2.64 bits per heavy atom. The van der Waals surface area contributed by atoms with Crippen LogP contribution in [0, 0.1) is 6.92 Å². The fourth-order valence-electron chi connectivity index (χ4n) is 4.88. The number of benzene rings is 2. The molecule has 11 nitrogen and oxygen atoms in total. The molecular weight excluding hydrogens is 543 g/mol. The number of halogens is 2. The Bertz CT molecular complexity index is 1790. The van der Waals surface area contributed by atoms with Crippen LogP contribution in [0.4, 0.5) is 10.5 Å². The number of carboxylic acid groups (broad SMARTS) is 1. The van der Waals surface area contributed by atoms with Crippen LogP contribution in [0.3, 0.4) is 0 Å². The molecule has 4 heterocycles. The molecule has 1 aliphatic heterocycles. The van der Waals surface area contributed by atoms with Crippen molar-refractivity contribution in [1.29, 1.82) is 0 Å². The summed E-state index contributed by atoms with van der Waals surface area (Å²) >= 11 is 12.3. The molecule has 2 aromatic carbocycles. The van der Waals surface area contributed by atoms with Crippen molar-refractivity contribution in [1.82, 2.24) is 34.5 Å². The lowest BCUT2D eigenvalue weighted by Gasteiger charge is -2.14. The fourth-order valence-corrected chi connectivity index (χ4v) is 5.18. The van der Waals surface area contributed by atoms with Crippen molar-refractivity contribution < 1.29 is 9.90 Å². The second-order valence-electron chi connectivity index (χ2n) is 9.06. The van der Waals surface area contributed by atoms with Gasteiger partial charge in [-0.15, -0.1) is 5.10 Å². The van der Waals surface area contributed by atoms with Crippen LogP contribution in [-0.4, -0.2) is 45.7 Å². The lowest BCUT2D eigenvalue weighted by atomic mass is 10.1. The van der Waals surface area contributed by atoms with E-state index in [9.17, 15) is 9.59 Å². The molecule has 5 aromatic rings. The fraction of sp³-hybridized carbons (Fsp3) is 0.154. The largest absolute Gasteiger partial charge is 0.465 e. The lowest BCUT2D eigenvalue weighted by Crippen LogP contribution is -2.25. The average Bonchev–Trinajstić information content (AvgIpc) is 3.62. The Hall–Kier alpha value is -4.48. The molecule has 0 bridgehead atoms. The van der Waals surface area contributed by atoms with Crippen molar-refractivity contribution in [2.75, 3.05) is 5.32 Å². The van der Waals surface area contributed by atoms with Crippen molar-refractivity contribution in [2.45, 2.75) is 25.8 Å². The van der Waals surface area contributed by atoms with Gasteiger partial charge in [-0.05, 0) is 49.2 Å². The summed E-state index contributed by atoms with van der Waals surface area (Å²) in [5.74, 6) is 1.30. The van der Waals surface area contributed by atoms with Gasteiger partial charge in [-0.1, -0.05) is 40.5 Å². The molecule has 0 unspecified atom stereocenters. The van der Waals surface area contributed by atoms with Crippen LogP contribution in [0.5, 0.6) is 0 Å². The number of nitrogens with one attached hydrogen (secondary N) is 2. The van der Waals surface area contributed by atoms with Gasteiger partial charge >= 0.3 is 6.09 Å². The molecular formula is C26H20Cl2N8O3. The summed E-state index contributed by atoms with van der Waals surface area (Å²) in [6.07, 6.45) is 1.68. The monoisotopic (exact) mass is 562 g/mol. The van der Waals surface area contributed by atoms with Crippen molar-refractivity contribution >= 4 is 35.0 Å². The van der Waals surface area contributed by atoms with E-state index < -0.39 is 6.09 Å². The Morgan fingerprint density at radius 2 is 1.92 bits per heavy atom. The summed E-state index contributed by atoms with van der Waals surface area (Å²) in [7, 11) is 0. The van der Waals surface area contributed by atoms with Gasteiger partial charge in [0, 0.05) is 28.8 Å². The maximum atomic E-state index is 13.5. The molecule has 1 aliphatic rings. The highest BCUT2D eigenvalue weighted by atomic mass is 35.5. The first-order valence-corrected chi connectivity index (χ1v) is 12.7. The van der Waals surface area contributed by atoms with Crippen molar-refractivity contribution in [3.63, 3.8) is 0 Å². The van der Waals surface area contributed by atoms with Gasteiger partial charge in [0.05, 0.1) is 35.0 Å². The third-order valence-electron chi connectivity index (χ3n) is 6.57. The highest BCUT2D eigenvalue weighted by Gasteiger charge is 2.30. The zero-order valence-electron chi connectivity index (χ0n) is 20.4. The predicted molar refractivity (Wildman–Crippen MR) is 146 cm³/mol. The second-order valence-corrected chi connectivity index (χ2v) is 9.88. The average molecular weight is 563 g/mol. The maximum Gasteiger partial charge on any atom is 0.409 e. The molecule has 0 aliphatic carbocycles. The lowest BCUT2D eigenvalue weighted by molar-refractivity contribution is 0.209. The van der Waals surface area contributed by atoms with E-state index in [0.717, 1.165) is 17.0 Å². The minimum absolute atomic E-state index is 0.209. The number of hydrogen-bond acceptors (Lipinski definition) is 6. The van der Waals surface area contributed by atoms with Gasteiger partial charge in [-0.3, -0.25) is 14.7 Å². The van der Waals surface area contributed by atoms with Gasteiger partial charge in [0.2, 0.25) is 0 Å². The topological polar surface area (TPSA) is 144 Å². The molecule has 0 radical (unpaired) electrons. The minimum Gasteiger partial charge on any atom is -0.465 e. The predicted octanol–water partition coefficient (Wildman–Crippen LogP) is 5.12. The zero-order chi connectivity index (χ0) is 27.3. The van der Waals surface area contributed by atoms with Crippen LogP contribution >= 0.6 is 23.2 Å². The number of aromatic amines is 1. The van der Waals surface area contributed by atoms with Gasteiger partial charge < -0.3 is 10.1 Å². The van der Waals surface area contributed by atoms with Crippen LogP contribution in [0.25, 0.3) is 28.2 Å². The van der Waals surface area contributed by atoms with Crippen molar-refractivity contribution in [3.05, 3.63) is 92.6 Å². The molecule has 3 N–H and O–H groups in total. The first-order chi connectivity index (χ1) is 18.8. The smallest absolute Gasteiger partial charge is 0.409 e. The van der Waals surface area contributed by atoms with E-state index in [1.807, 2.05) is 19.1 Å². The Balaban J connectivity index is 1.35. The summed E-state index contributed by atoms with van der Waals surface area (Å²) in [5, 5.41) is 19.8. The SMILES string of the molecule is Cc1nc([C@@H]2CCc3nc(-c4cc(Cl)ccc4-n4cc(Cl)nn4)cc(=O)n32)[nH]c1-c1ccc(NC(=O)O)cc1. The third-order valence-corrected chi connectivity index (χ3v) is 6.98. The van der Waals surface area contributed by atoms with Crippen molar-refractivity contribution in [3.8, 4) is 28.2 Å². The summed E-state index contributed by atoms with van der Waals surface area (Å²) in [5.41, 5.74) is 4.42. The van der Waals surface area contributed by atoms with Crippen LogP contribution < -0.4 is 10.9 Å². The molecule has 1 atom stereocenters. The number of aryl methyl sites for hydroxylation is 2. The highest BCUT2D eigenvalue weighted by molar-refractivity contribution is 6.31. The van der Waals surface area contributed by atoms with Crippen LogP contribution in [-0.2, 0) is 6.42 Å². The van der Waals surface area contributed by atoms with Crippen LogP contribution in [0.1, 0.15) is 29.8 Å². The molecule has 6 rings (SSSR count). The van der Waals surface area contributed by atoms with Crippen molar-refractivity contribution in [2.24, 2.45) is 0 Å². The Morgan fingerprint density at radius 1 is 1.13 bits per heavy atom. The number of H-pyrrole nitrogens is 1. The number of imidazole rings is 1. The van der Waals surface area contributed by atoms with E-state index in [1.54, 1.807) is 41.1 Å². The van der Waals surface area contributed by atoms with Crippen LogP contribution in [0.2, 0.25) is 10.2 Å². The third kappa shape index (κ3) is 4.66. The van der Waals surface area contributed by atoms with Gasteiger partial charge in [-0.2, -0.15) is 0 Å². The van der Waals surface area contributed by atoms with E-state index in [-0.39, 0.29) is 16.8 Å². The number of fused-ring (bicyclic) bond motifs is 1. The van der Waals surface area contributed by atoms with Gasteiger partial charge in [0.1, 0.15) is 11.6 Å². The molecule has 0 saturated carbocycles. The normalized spacial score (nSPS) is 14.4. The maximum absolute atomic E-state index is 13.5. The molecule has 1 amide bonds. The second kappa shape index (κ2) is 9.68. The molecule has 0 fully saturated rings. The molecule has 3 aromatic heterocycles. The van der Waals surface area contributed by atoms with E-state index in [1.165, 1.54) is 10.7 Å². The number of amides is 1. The number of anilines is 1. The first kappa shape index (κ1) is 24.8. The number of hydrogen-bond donors (Lipinski definition) is 3. The molecule has 0 spiro atoms. The molecule has 196 valence electrons. The summed E-state index contributed by atoms with van der Waals surface area (Å²) < 4.78 is 3.18. The van der Waals surface area contributed by atoms with E-state index in [4.69, 9.17) is 38.3 Å². The standard InChI is InChI=1S/C26H20Cl2N8O3/c1-13-24(14-2-5-16(6-3-14)30-26(38)39)32-25(29-13)20-8-9-22-31-18(11-23(37)36(20)22)17-10-15(27)4-7-19(17)35-12-21(28)33-34-35/h2-7,10-12,20,30H,8-9H2,1H3,(H,29,32)(H,38,39)/t20-/m0/s1. The van der Waals surface area contributed by atoms with E-state index >= 15 is 0 Å². The number of nitrogens with zero attached hydrogens (tertiary/aromatic N) is 6. The Kier molecular flexibility index (Phi) is 6.16. The van der Waals surface area contributed by atoms with Crippen LogP contribution in [0.15, 0.2) is 59.5 Å². The van der Waals surface area contributed by atoms with Gasteiger partial charge in [0.15, 0.2) is 5.15 Å². The molecule has 39 heavy (non-hydrogen) atoms. The molecule has 0 saturated heterocycles. The number of carbonyl (C=O) groups is 1. The number of aromatic nitrogens is 7. The summed E-state index contributed by atoms with van der Waals surface area (Å²) in [4.78, 5) is 37.3. The Labute approximate surface area is 231 Å². The molecule has 13 heteroatoms. The first-order valence-electron chi connectivity index (χ1n) is 11.9. The van der Waals surface area contributed by atoms with Gasteiger partial charge in [0.25, 0.3) is 5.56 Å². The van der Waals surface area contributed by atoms with E-state index in [0.29, 0.717) is 52.1 Å². The number of rotatable bonds is 5. The summed E-state index contributed by atoms with van der Waals surface area (Å²) in [6.45, 7) is 1.88. The zero-order valence-corrected chi connectivity index (χ0v) is 21.9. The van der Waals surface area contributed by atoms with E-state index in [2.05, 4.69) is 20.6 Å². The van der Waals surface area contributed by atoms with Gasteiger partial charge in [-0.25, -0.2) is 19.4 Å². The minimum atomic E-state index is -1.13. The quantitative estimate of drug-likeness (QED) is 0.269. The summed E-state index contributed by atoms with van der Waals surface area (Å²) in [6, 6.07) is 13.4. The highest BCUT2D eigenvalue weighted by Crippen LogP contribution is 2.33.